The van der Waals surface area contributed by atoms with E-state index < -0.39 is 61.4 Å². The van der Waals surface area contributed by atoms with Gasteiger partial charge in [0.15, 0.2) is 11.4 Å². The summed E-state index contributed by atoms with van der Waals surface area (Å²) >= 11 is 0. The summed E-state index contributed by atoms with van der Waals surface area (Å²) in [5.41, 5.74) is -4.98. The van der Waals surface area contributed by atoms with Gasteiger partial charge in [-0.25, -0.2) is 4.90 Å². The maximum Gasteiger partial charge on any atom is 0.197 e. The van der Waals surface area contributed by atoms with Crippen LogP contribution in [0.25, 0.3) is 0 Å². The van der Waals surface area contributed by atoms with Gasteiger partial charge >= 0.3 is 0 Å². The Hall–Kier alpha value is -0.440. The Bertz CT molecular complexity index is 441. The third-order valence-corrected chi connectivity index (χ3v) is 4.62. The van der Waals surface area contributed by atoms with Crippen LogP contribution in [0.2, 0.25) is 0 Å². The Morgan fingerprint density at radius 1 is 1.25 bits per heavy atom. The third-order valence-electron chi connectivity index (χ3n) is 4.62. The second-order valence-electron chi connectivity index (χ2n) is 6.16. The summed E-state index contributed by atoms with van der Waals surface area (Å²) in [7, 11) is 1.25. The minimum Gasteiger partial charge on any atom is -0.394 e. The van der Waals surface area contributed by atoms with Crippen molar-refractivity contribution in [3.8, 4) is 0 Å². The molecule has 0 bridgehead atoms. The molecule has 2 rings (SSSR count). The Morgan fingerprint density at radius 3 is 2.38 bits per heavy atom. The minimum absolute atomic E-state index is 0.0765. The van der Waals surface area contributed by atoms with Crippen molar-refractivity contribution in [3.63, 3.8) is 0 Å². The SMILES string of the molecule is COC[C@H](O)[C@@H](O)[C@@]1(O)N([C@@H]2O[C@H](CO)C[C@H](O)[C@H]2O)[C@@]1(O)CO. The first-order valence-corrected chi connectivity index (χ1v) is 7.51. The standard InChI is InChI=1S/C13H25NO10/c1-23-4-8(18)10(20)13(22)12(21,5-16)14(13)11-9(19)7(17)2-6(3-15)24-11/h6-11,15-22H,2-5H2,1H3/t6-,7-,8-,9+,10+,11+,12+,13-,14?/m0/s1. The van der Waals surface area contributed by atoms with Crippen molar-refractivity contribution in [2.24, 2.45) is 0 Å². The molecular weight excluding hydrogens is 330 g/mol. The van der Waals surface area contributed by atoms with Crippen molar-refractivity contribution in [3.05, 3.63) is 0 Å². The zero-order valence-electron chi connectivity index (χ0n) is 13.1. The number of hydrogen-bond acceptors (Lipinski definition) is 11. The lowest BCUT2D eigenvalue weighted by molar-refractivity contribution is -0.231. The first-order valence-electron chi connectivity index (χ1n) is 7.51. The van der Waals surface area contributed by atoms with E-state index in [1.165, 1.54) is 7.11 Å². The van der Waals surface area contributed by atoms with Gasteiger partial charge in [0.1, 0.15) is 24.5 Å². The molecule has 2 heterocycles. The highest BCUT2D eigenvalue weighted by molar-refractivity contribution is 5.22. The van der Waals surface area contributed by atoms with Crippen LogP contribution in [-0.4, -0.2) is 121 Å². The topological polar surface area (TPSA) is 183 Å². The second-order valence-corrected chi connectivity index (χ2v) is 6.16. The molecule has 0 aromatic heterocycles. The van der Waals surface area contributed by atoms with Gasteiger partial charge in [-0.3, -0.25) is 0 Å². The van der Waals surface area contributed by atoms with Crippen molar-refractivity contribution >= 4 is 0 Å². The molecule has 0 saturated carbocycles. The number of aliphatic hydroxyl groups excluding tert-OH is 6. The Morgan fingerprint density at radius 2 is 1.88 bits per heavy atom. The van der Waals surface area contributed by atoms with Crippen molar-refractivity contribution in [2.45, 2.75) is 54.6 Å². The Balaban J connectivity index is 2.27. The monoisotopic (exact) mass is 355 g/mol. The van der Waals surface area contributed by atoms with Crippen molar-refractivity contribution < 1.29 is 50.3 Å². The number of nitrogens with zero attached hydrogens (tertiary/aromatic N) is 1. The van der Waals surface area contributed by atoms with E-state index in [2.05, 4.69) is 4.74 Å². The van der Waals surface area contributed by atoms with E-state index in [9.17, 15) is 40.9 Å². The number of aliphatic hydroxyl groups is 8. The molecule has 8 N–H and O–H groups in total. The van der Waals surface area contributed by atoms with Crippen molar-refractivity contribution in [1.82, 2.24) is 4.90 Å². The molecule has 24 heavy (non-hydrogen) atoms. The predicted molar refractivity (Wildman–Crippen MR) is 75.1 cm³/mol. The lowest BCUT2D eigenvalue weighted by Crippen LogP contribution is -2.56. The second kappa shape index (κ2) is 7.05. The average molecular weight is 355 g/mol. The van der Waals surface area contributed by atoms with Crippen LogP contribution in [-0.2, 0) is 9.47 Å². The molecule has 0 aromatic carbocycles. The molecular formula is C13H25NO10. The van der Waals surface area contributed by atoms with Gasteiger partial charge in [0, 0.05) is 13.5 Å². The van der Waals surface area contributed by atoms with E-state index in [4.69, 9.17) is 4.74 Å². The molecule has 0 spiro atoms. The first-order chi connectivity index (χ1) is 11.2. The van der Waals surface area contributed by atoms with E-state index in [0.717, 1.165) is 0 Å². The highest BCUT2D eigenvalue weighted by atomic mass is 16.6. The van der Waals surface area contributed by atoms with E-state index in [1.54, 1.807) is 0 Å². The summed E-state index contributed by atoms with van der Waals surface area (Å²) in [4.78, 5) is 0.652. The maximum atomic E-state index is 10.6. The first kappa shape index (κ1) is 19.9. The van der Waals surface area contributed by atoms with Crippen molar-refractivity contribution in [2.75, 3.05) is 26.9 Å². The summed E-state index contributed by atoms with van der Waals surface area (Å²) in [6, 6.07) is 0. The highest BCUT2D eigenvalue weighted by Crippen LogP contribution is 2.54. The molecule has 0 amide bonds. The normalized spacial score (nSPS) is 48.1. The van der Waals surface area contributed by atoms with Crippen LogP contribution >= 0.6 is 0 Å². The maximum absolute atomic E-state index is 10.6. The fourth-order valence-electron chi connectivity index (χ4n) is 3.19. The molecule has 2 fully saturated rings. The van der Waals surface area contributed by atoms with Gasteiger partial charge < -0.3 is 50.3 Å². The van der Waals surface area contributed by atoms with Gasteiger partial charge in [0.25, 0.3) is 0 Å². The summed E-state index contributed by atoms with van der Waals surface area (Å²) < 4.78 is 10.0. The number of methoxy groups -OCH3 is 1. The largest absolute Gasteiger partial charge is 0.394 e. The number of ether oxygens (including phenoxy) is 2. The summed E-state index contributed by atoms with van der Waals surface area (Å²) in [5.74, 6) is 0. The Labute approximate surface area is 137 Å². The zero-order chi connectivity index (χ0) is 18.3. The van der Waals surface area contributed by atoms with Crippen LogP contribution in [0.1, 0.15) is 6.42 Å². The van der Waals surface area contributed by atoms with Crippen LogP contribution in [0.4, 0.5) is 0 Å². The molecule has 1 unspecified atom stereocenters. The lowest BCUT2D eigenvalue weighted by Gasteiger charge is -2.38. The van der Waals surface area contributed by atoms with Gasteiger partial charge in [-0.15, -0.1) is 0 Å². The molecule has 2 aliphatic rings. The number of rotatable bonds is 7. The van der Waals surface area contributed by atoms with Crippen molar-refractivity contribution in [1.29, 1.82) is 0 Å². The Kier molecular flexibility index (Phi) is 5.84. The number of hydrogen-bond donors (Lipinski definition) is 8. The molecule has 0 radical (unpaired) electrons. The fourth-order valence-corrected chi connectivity index (χ4v) is 3.19. The quantitative estimate of drug-likeness (QED) is 0.204. The molecule has 11 heteroatoms. The smallest absolute Gasteiger partial charge is 0.197 e. The summed E-state index contributed by atoms with van der Waals surface area (Å²) in [5, 5.41) is 79.5. The fraction of sp³-hybridized carbons (Fsp3) is 1.00. The van der Waals surface area contributed by atoms with Crippen LogP contribution in [0.5, 0.6) is 0 Å². The van der Waals surface area contributed by atoms with E-state index >= 15 is 0 Å². The molecule has 2 aliphatic heterocycles. The van der Waals surface area contributed by atoms with Gasteiger partial charge in [-0.2, -0.15) is 0 Å². The van der Waals surface area contributed by atoms with Gasteiger partial charge in [-0.1, -0.05) is 0 Å². The van der Waals surface area contributed by atoms with Crippen LogP contribution in [0.15, 0.2) is 0 Å². The average Bonchev–Trinajstić information content (AvgIpc) is 3.07. The highest BCUT2D eigenvalue weighted by Gasteiger charge is 2.82. The zero-order valence-corrected chi connectivity index (χ0v) is 13.1. The van der Waals surface area contributed by atoms with E-state index in [1.807, 2.05) is 0 Å². The molecule has 0 aliphatic carbocycles. The van der Waals surface area contributed by atoms with E-state index in [-0.39, 0.29) is 13.0 Å². The van der Waals surface area contributed by atoms with Crippen LogP contribution in [0, 0.1) is 0 Å². The molecule has 142 valence electrons. The van der Waals surface area contributed by atoms with Gasteiger partial charge in [0.05, 0.1) is 32.0 Å². The van der Waals surface area contributed by atoms with E-state index in [0.29, 0.717) is 4.90 Å². The van der Waals surface area contributed by atoms with Gasteiger partial charge in [-0.05, 0) is 0 Å². The van der Waals surface area contributed by atoms with Crippen LogP contribution in [0.3, 0.4) is 0 Å². The lowest BCUT2D eigenvalue weighted by atomic mass is 10.0. The molecule has 11 nitrogen and oxygen atoms in total. The van der Waals surface area contributed by atoms with Gasteiger partial charge in [0.2, 0.25) is 0 Å². The minimum atomic E-state index is -2.55. The molecule has 0 aromatic rings. The molecule has 9 atom stereocenters. The summed E-state index contributed by atoms with van der Waals surface area (Å²) in [6.45, 7) is -1.90. The predicted octanol–water partition coefficient (Wildman–Crippen LogP) is -5.13. The third kappa shape index (κ3) is 2.85. The summed E-state index contributed by atoms with van der Waals surface area (Å²) in [6.07, 6.45) is -8.99. The van der Waals surface area contributed by atoms with Crippen LogP contribution < -0.4 is 0 Å². The molecule has 2 saturated heterocycles.